The molecule has 0 radical (unpaired) electrons. The first-order valence-electron chi connectivity index (χ1n) is 10.3. The summed E-state index contributed by atoms with van der Waals surface area (Å²) < 4.78 is 1.56. The number of carbonyl (C=O) groups excluding carboxylic acids is 1. The van der Waals surface area contributed by atoms with Crippen molar-refractivity contribution in [2.24, 2.45) is 5.92 Å². The van der Waals surface area contributed by atoms with E-state index in [0.717, 1.165) is 18.4 Å². The molecule has 2 nitrogen and oxygen atoms in total. The Morgan fingerprint density at radius 3 is 2.26 bits per heavy atom. The summed E-state index contributed by atoms with van der Waals surface area (Å²) in [7, 11) is 2.22. The van der Waals surface area contributed by atoms with Gasteiger partial charge in [-0.25, -0.2) is 0 Å². The predicted molar refractivity (Wildman–Crippen MR) is 116 cm³/mol. The third kappa shape index (κ3) is 3.63. The van der Waals surface area contributed by atoms with Crippen LogP contribution in [-0.2, 0) is 0 Å². The van der Waals surface area contributed by atoms with Crippen LogP contribution >= 0.6 is 0 Å². The molecule has 0 spiro atoms. The van der Waals surface area contributed by atoms with Crippen LogP contribution < -0.4 is 3.58 Å². The van der Waals surface area contributed by atoms with Crippen LogP contribution in [0.25, 0.3) is 0 Å². The van der Waals surface area contributed by atoms with Crippen LogP contribution in [0.3, 0.4) is 0 Å². The number of hydrogen-bond donors (Lipinski definition) is 0. The number of rotatable bonds is 4. The van der Waals surface area contributed by atoms with Gasteiger partial charge in [-0.05, 0) is 0 Å². The molecule has 4 atom stereocenters. The molecular formula is C24H31NOSn. The van der Waals surface area contributed by atoms with Crippen LogP contribution in [0.15, 0.2) is 54.6 Å². The van der Waals surface area contributed by atoms with E-state index in [4.69, 9.17) is 0 Å². The molecule has 0 N–H and O–H groups in total. The molecule has 2 saturated heterocycles. The Kier molecular flexibility index (Phi) is 5.23. The van der Waals surface area contributed by atoms with Gasteiger partial charge in [0.1, 0.15) is 0 Å². The van der Waals surface area contributed by atoms with E-state index in [1.54, 1.807) is 3.58 Å². The number of fused-ring (bicyclic) bond motifs is 2. The second-order valence-corrected chi connectivity index (χ2v) is 23.9. The Balaban J connectivity index is 1.70. The molecule has 2 fully saturated rings. The van der Waals surface area contributed by atoms with Crippen molar-refractivity contribution in [2.75, 3.05) is 7.05 Å². The molecule has 0 amide bonds. The zero-order valence-electron chi connectivity index (χ0n) is 17.0. The molecule has 2 aliphatic heterocycles. The van der Waals surface area contributed by atoms with Crippen molar-refractivity contribution < 1.29 is 4.79 Å². The van der Waals surface area contributed by atoms with E-state index >= 15 is 0 Å². The predicted octanol–water partition coefficient (Wildman–Crippen LogP) is 4.68. The molecule has 4 rings (SSSR count). The van der Waals surface area contributed by atoms with E-state index < -0.39 is 18.4 Å². The molecule has 2 aromatic rings. The number of hydrogen-bond acceptors (Lipinski definition) is 2. The SMILES string of the molecule is CN1C2CC[C@@H]1C[C@H](c1cc[c]([Sn]([CH3])([CH3])[CH3])cc1)C2C(=O)c1ccccc1. The monoisotopic (exact) mass is 469 g/mol. The van der Waals surface area contributed by atoms with Gasteiger partial charge in [0.05, 0.1) is 0 Å². The summed E-state index contributed by atoms with van der Waals surface area (Å²) >= 11 is -2.04. The van der Waals surface area contributed by atoms with Crippen LogP contribution in [0.4, 0.5) is 0 Å². The number of ketones is 1. The maximum atomic E-state index is 13.5. The fraction of sp³-hybridized carbons (Fsp3) is 0.458. The molecule has 142 valence electrons. The van der Waals surface area contributed by atoms with Crippen molar-refractivity contribution in [3.63, 3.8) is 0 Å². The Bertz CT molecular complexity index is 809. The topological polar surface area (TPSA) is 20.3 Å². The van der Waals surface area contributed by atoms with Crippen molar-refractivity contribution in [3.8, 4) is 0 Å². The third-order valence-corrected chi connectivity index (χ3v) is 12.7. The van der Waals surface area contributed by atoms with E-state index in [0.29, 0.717) is 23.8 Å². The van der Waals surface area contributed by atoms with Gasteiger partial charge in [0.25, 0.3) is 0 Å². The first kappa shape index (κ1) is 19.2. The molecule has 2 bridgehead atoms. The van der Waals surface area contributed by atoms with Crippen LogP contribution in [0.5, 0.6) is 0 Å². The van der Waals surface area contributed by atoms with Crippen molar-refractivity contribution in [2.45, 2.75) is 52.1 Å². The van der Waals surface area contributed by atoms with E-state index in [1.807, 2.05) is 30.3 Å². The van der Waals surface area contributed by atoms with Gasteiger partial charge < -0.3 is 0 Å². The fourth-order valence-corrected chi connectivity index (χ4v) is 8.52. The van der Waals surface area contributed by atoms with E-state index in [2.05, 4.69) is 51.0 Å². The quantitative estimate of drug-likeness (QED) is 0.480. The number of benzene rings is 2. The van der Waals surface area contributed by atoms with Gasteiger partial charge in [0.2, 0.25) is 0 Å². The average molecular weight is 468 g/mol. The Labute approximate surface area is 167 Å². The first-order valence-corrected chi connectivity index (χ1v) is 20.3. The molecule has 27 heavy (non-hydrogen) atoms. The average Bonchev–Trinajstić information content (AvgIpc) is 2.90. The maximum absolute atomic E-state index is 13.5. The van der Waals surface area contributed by atoms with Crippen molar-refractivity contribution in [1.82, 2.24) is 4.90 Å². The van der Waals surface area contributed by atoms with Crippen molar-refractivity contribution in [3.05, 3.63) is 65.7 Å². The fourth-order valence-electron chi connectivity index (χ4n) is 5.19. The number of carbonyl (C=O) groups is 1. The number of piperidine rings is 1. The van der Waals surface area contributed by atoms with Crippen LogP contribution in [0, 0.1) is 5.92 Å². The van der Waals surface area contributed by atoms with Crippen LogP contribution in [0.1, 0.15) is 41.1 Å². The number of nitrogens with zero attached hydrogens (tertiary/aromatic N) is 1. The molecule has 0 aliphatic carbocycles. The number of Topliss-reactive ketones (excluding diaryl/α,β-unsaturated/α-hetero) is 1. The molecule has 0 aromatic heterocycles. The summed E-state index contributed by atoms with van der Waals surface area (Å²) in [5.74, 6) is 0.743. The molecule has 3 heteroatoms. The van der Waals surface area contributed by atoms with Crippen LogP contribution in [0.2, 0.25) is 14.8 Å². The zero-order valence-corrected chi connectivity index (χ0v) is 19.8. The summed E-state index contributed by atoms with van der Waals surface area (Å²) in [6.45, 7) is 0. The van der Waals surface area contributed by atoms with E-state index in [-0.39, 0.29) is 5.92 Å². The molecule has 2 aromatic carbocycles. The summed E-state index contributed by atoms with van der Waals surface area (Å²) in [6, 6.07) is 20.3. The van der Waals surface area contributed by atoms with Crippen LogP contribution in [-0.4, -0.2) is 48.2 Å². The van der Waals surface area contributed by atoms with Gasteiger partial charge in [0.15, 0.2) is 0 Å². The van der Waals surface area contributed by atoms with Crippen molar-refractivity contribution in [1.29, 1.82) is 0 Å². The van der Waals surface area contributed by atoms with Gasteiger partial charge in [0, 0.05) is 0 Å². The first-order chi connectivity index (χ1) is 12.9. The van der Waals surface area contributed by atoms with Gasteiger partial charge in [-0.3, -0.25) is 0 Å². The normalized spacial score (nSPS) is 28.3. The summed E-state index contributed by atoms with van der Waals surface area (Å²) in [4.78, 5) is 23.4. The second kappa shape index (κ2) is 7.36. The zero-order chi connectivity index (χ0) is 19.2. The minimum atomic E-state index is -2.04. The Hall–Kier alpha value is -1.13. The summed E-state index contributed by atoms with van der Waals surface area (Å²) in [6.07, 6.45) is 3.48. The van der Waals surface area contributed by atoms with E-state index in [9.17, 15) is 4.79 Å². The molecule has 2 unspecified atom stereocenters. The third-order valence-electron chi connectivity index (χ3n) is 6.83. The Morgan fingerprint density at radius 1 is 0.963 bits per heavy atom. The molecule has 2 heterocycles. The minimum absolute atomic E-state index is 0.0696. The van der Waals surface area contributed by atoms with Gasteiger partial charge >= 0.3 is 168 Å². The van der Waals surface area contributed by atoms with E-state index in [1.165, 1.54) is 12.0 Å². The van der Waals surface area contributed by atoms with Gasteiger partial charge in [-0.1, -0.05) is 0 Å². The summed E-state index contributed by atoms with van der Waals surface area (Å²) in [5, 5.41) is 0. The Morgan fingerprint density at radius 2 is 1.63 bits per heavy atom. The van der Waals surface area contributed by atoms with Gasteiger partial charge in [-0.15, -0.1) is 0 Å². The second-order valence-electron chi connectivity index (χ2n) is 9.43. The molecule has 2 aliphatic rings. The molecule has 0 saturated carbocycles. The van der Waals surface area contributed by atoms with Gasteiger partial charge in [-0.2, -0.15) is 0 Å². The summed E-state index contributed by atoms with van der Waals surface area (Å²) in [5.41, 5.74) is 2.24. The standard InChI is InChI=1S/C21H22NO.3CH3.Sn/c1-22-17-12-13-19(22)20(21(23)16-10-6-3-7-11-16)18(14-17)15-8-4-2-5-9-15;;;;/h3-11,17-20H,12-14H2,1H3;3*1H3;/t17-,18-,19?,20?;;;;/m1..../s1. The van der Waals surface area contributed by atoms with Crippen molar-refractivity contribution >= 4 is 27.7 Å². The molecular weight excluding hydrogens is 437 g/mol.